The van der Waals surface area contributed by atoms with Gasteiger partial charge in [-0.2, -0.15) is 13.2 Å². The average Bonchev–Trinajstić information content (AvgIpc) is 3.29. The number of carbonyl (C=O) groups excluding carboxylic acids is 2. The lowest BCUT2D eigenvalue weighted by Gasteiger charge is -2.34. The van der Waals surface area contributed by atoms with E-state index in [4.69, 9.17) is 4.74 Å². The van der Waals surface area contributed by atoms with Crippen molar-refractivity contribution >= 4 is 29.2 Å². The lowest BCUT2D eigenvalue weighted by atomic mass is 9.73. The molecule has 214 valence electrons. The maximum atomic E-state index is 13.8. The molecule has 0 spiro atoms. The number of nitrogens with zero attached hydrogens (tertiary/aromatic N) is 1. The number of hydrogen-bond donors (Lipinski definition) is 2. The minimum absolute atomic E-state index is 0.161. The molecule has 1 aliphatic rings. The Balaban J connectivity index is 2.46. The first kappa shape index (κ1) is 32.2. The normalized spacial score (nSPS) is 30.4. The molecule has 0 saturated carbocycles. The van der Waals surface area contributed by atoms with Crippen molar-refractivity contribution < 1.29 is 37.7 Å². The second kappa shape index (κ2) is 13.3. The van der Waals surface area contributed by atoms with Gasteiger partial charge in [0.1, 0.15) is 11.9 Å². The van der Waals surface area contributed by atoms with Crippen molar-refractivity contribution in [2.24, 2.45) is 17.3 Å². The number of thiazole rings is 1. The summed E-state index contributed by atoms with van der Waals surface area (Å²) in [6.45, 7) is 9.88. The molecule has 1 aliphatic heterocycles. The number of ether oxygens (including phenoxy) is 1. The van der Waals surface area contributed by atoms with E-state index in [1.807, 2.05) is 12.3 Å². The summed E-state index contributed by atoms with van der Waals surface area (Å²) in [5.74, 6) is -2.57. The molecule has 2 heterocycles. The first-order valence-corrected chi connectivity index (χ1v) is 13.9. The molecule has 2 N–H and O–H groups in total. The van der Waals surface area contributed by atoms with Gasteiger partial charge in [0.05, 0.1) is 34.7 Å². The van der Waals surface area contributed by atoms with E-state index in [2.05, 4.69) is 4.98 Å². The van der Waals surface area contributed by atoms with Crippen molar-refractivity contribution in [1.29, 1.82) is 0 Å². The van der Waals surface area contributed by atoms with Crippen LogP contribution < -0.4 is 0 Å². The van der Waals surface area contributed by atoms with Gasteiger partial charge >= 0.3 is 12.1 Å². The molecule has 38 heavy (non-hydrogen) atoms. The summed E-state index contributed by atoms with van der Waals surface area (Å²) < 4.78 is 47.1. The lowest BCUT2D eigenvalue weighted by Crippen LogP contribution is -2.45. The van der Waals surface area contributed by atoms with Gasteiger partial charge in [0.25, 0.3) is 0 Å². The van der Waals surface area contributed by atoms with E-state index in [0.29, 0.717) is 11.3 Å². The van der Waals surface area contributed by atoms with E-state index in [-0.39, 0.29) is 25.7 Å². The number of aliphatic hydroxyl groups excluding tert-OH is 2. The first-order valence-electron chi connectivity index (χ1n) is 13.1. The molecule has 0 saturated heterocycles. The van der Waals surface area contributed by atoms with Crippen LogP contribution in [0.2, 0.25) is 0 Å². The Morgan fingerprint density at radius 2 is 1.92 bits per heavy atom. The van der Waals surface area contributed by atoms with Crippen molar-refractivity contribution in [2.75, 3.05) is 0 Å². The third-order valence-corrected chi connectivity index (χ3v) is 8.43. The number of Topliss-reactive ketones (excluding diaryl/α,β-unsaturated/α-hetero) is 1. The van der Waals surface area contributed by atoms with Crippen LogP contribution in [0.1, 0.15) is 84.3 Å². The quantitative estimate of drug-likeness (QED) is 0.345. The van der Waals surface area contributed by atoms with Crippen LogP contribution in [0.15, 0.2) is 22.6 Å². The van der Waals surface area contributed by atoms with Crippen LogP contribution in [0.3, 0.4) is 0 Å². The Bertz CT molecular complexity index is 1030. The van der Waals surface area contributed by atoms with Gasteiger partial charge < -0.3 is 14.9 Å². The van der Waals surface area contributed by atoms with E-state index < -0.39 is 65.5 Å². The molecule has 0 aliphatic carbocycles. The fraction of sp³-hybridized carbons (Fsp3) is 0.679. The van der Waals surface area contributed by atoms with Crippen molar-refractivity contribution in [3.05, 3.63) is 33.3 Å². The van der Waals surface area contributed by atoms with Gasteiger partial charge in [-0.15, -0.1) is 11.3 Å². The molecule has 10 heteroatoms. The maximum absolute atomic E-state index is 13.8. The number of ketones is 1. The summed E-state index contributed by atoms with van der Waals surface area (Å²) in [5.41, 5.74) is -0.939. The molecular formula is C28H40F3NO5S. The molecule has 6 nitrogen and oxygen atoms in total. The van der Waals surface area contributed by atoms with Crippen LogP contribution in [0, 0.1) is 17.3 Å². The van der Waals surface area contributed by atoms with E-state index in [1.165, 1.54) is 32.1 Å². The van der Waals surface area contributed by atoms with Gasteiger partial charge in [-0.3, -0.25) is 9.59 Å². The molecule has 0 amide bonds. The van der Waals surface area contributed by atoms with Gasteiger partial charge in [-0.05, 0) is 50.2 Å². The number of alkyl halides is 3. The zero-order valence-electron chi connectivity index (χ0n) is 23.0. The number of rotatable bonds is 3. The molecule has 0 radical (unpaired) electrons. The topological polar surface area (TPSA) is 96.7 Å². The minimum Gasteiger partial charge on any atom is -0.457 e. The van der Waals surface area contributed by atoms with Crippen LogP contribution in [0.4, 0.5) is 13.2 Å². The fourth-order valence-corrected chi connectivity index (χ4v) is 5.32. The van der Waals surface area contributed by atoms with Crippen molar-refractivity contribution in [3.63, 3.8) is 0 Å². The molecule has 1 aromatic heterocycles. The molecule has 0 bridgehead atoms. The van der Waals surface area contributed by atoms with Crippen LogP contribution in [0.5, 0.6) is 0 Å². The molecule has 0 aromatic carbocycles. The molecule has 1 aromatic rings. The van der Waals surface area contributed by atoms with E-state index >= 15 is 0 Å². The summed E-state index contributed by atoms with van der Waals surface area (Å²) in [4.78, 5) is 30.5. The van der Waals surface area contributed by atoms with E-state index in [1.54, 1.807) is 19.9 Å². The summed E-state index contributed by atoms with van der Waals surface area (Å²) >= 11 is 1.46. The lowest BCUT2D eigenvalue weighted by molar-refractivity contribution is -0.154. The Kier molecular flexibility index (Phi) is 11.3. The zero-order chi connectivity index (χ0) is 28.8. The highest BCUT2D eigenvalue weighted by atomic mass is 32.1. The summed E-state index contributed by atoms with van der Waals surface area (Å²) in [6, 6.07) is 0. The van der Waals surface area contributed by atoms with Gasteiger partial charge in [0, 0.05) is 23.3 Å². The first-order chi connectivity index (χ1) is 17.6. The number of esters is 1. The smallest absolute Gasteiger partial charge is 0.412 e. The number of aliphatic hydroxyl groups is 2. The van der Waals surface area contributed by atoms with Crippen LogP contribution >= 0.6 is 11.3 Å². The van der Waals surface area contributed by atoms with Crippen molar-refractivity contribution in [3.8, 4) is 0 Å². The van der Waals surface area contributed by atoms with Crippen molar-refractivity contribution in [1.82, 2.24) is 4.98 Å². The van der Waals surface area contributed by atoms with E-state index in [0.717, 1.165) is 17.5 Å². The molecule has 0 unspecified atom stereocenters. The fourth-order valence-electron chi connectivity index (χ4n) is 4.62. The highest BCUT2D eigenvalue weighted by Gasteiger charge is 2.42. The molecular weight excluding hydrogens is 519 g/mol. The predicted octanol–water partition coefficient (Wildman–Crippen LogP) is 6.06. The molecule has 5 atom stereocenters. The second-order valence-electron chi connectivity index (χ2n) is 10.8. The van der Waals surface area contributed by atoms with Crippen LogP contribution in [0.25, 0.3) is 6.08 Å². The SMILES string of the molecule is CCc1nc(/C=C(\C)[C@@H]2C/C=C(/C(F)(F)F)CCC[C@H](C)[C@H](O)[C@@H](C)C(=O)C(C)(C)[C@@H](O)CC(=O)O2)cs1. The predicted molar refractivity (Wildman–Crippen MR) is 141 cm³/mol. The zero-order valence-corrected chi connectivity index (χ0v) is 23.8. The Hall–Kier alpha value is -2.04. The number of carbonyl (C=O) groups is 2. The second-order valence-corrected chi connectivity index (χ2v) is 11.7. The number of aryl methyl sites for hydroxylation is 1. The third kappa shape index (κ3) is 8.48. The number of hydrogen-bond acceptors (Lipinski definition) is 7. The summed E-state index contributed by atoms with van der Waals surface area (Å²) in [7, 11) is 0. The largest absolute Gasteiger partial charge is 0.457 e. The van der Waals surface area contributed by atoms with Crippen molar-refractivity contribution in [2.45, 2.75) is 105 Å². The van der Waals surface area contributed by atoms with Gasteiger partial charge in [-0.25, -0.2) is 4.98 Å². The third-order valence-electron chi connectivity index (χ3n) is 7.41. The van der Waals surface area contributed by atoms with Gasteiger partial charge in [-0.1, -0.05) is 40.7 Å². The maximum Gasteiger partial charge on any atom is 0.412 e. The van der Waals surface area contributed by atoms with Crippen LogP contribution in [-0.2, 0) is 20.7 Å². The minimum atomic E-state index is -4.56. The summed E-state index contributed by atoms with van der Waals surface area (Å²) in [6.07, 6.45) is -5.12. The monoisotopic (exact) mass is 559 g/mol. The Labute approximate surface area is 227 Å². The molecule has 2 rings (SSSR count). The highest BCUT2D eigenvalue weighted by molar-refractivity contribution is 7.09. The summed E-state index contributed by atoms with van der Waals surface area (Å²) in [5, 5.41) is 24.3. The number of aromatic nitrogens is 1. The Morgan fingerprint density at radius 1 is 1.26 bits per heavy atom. The standard InChI is InChI=1S/C28H40F3NO5S/c1-7-23-32-20(15-38-23)13-17(3)21-12-11-19(28(29,30)31)10-8-9-16(2)25(35)18(4)26(36)27(5,6)22(33)14-24(34)37-21/h11,13,15-16,18,21-22,25,33,35H,7-10,12,14H2,1-6H3/b17-13+,19-11+/t16-,18+,21-,22-,25-/m0/s1. The van der Waals surface area contributed by atoms with Gasteiger partial charge in [0.15, 0.2) is 0 Å². The number of cyclic esters (lactones) is 1. The number of allylic oxidation sites excluding steroid dienone is 1. The Morgan fingerprint density at radius 3 is 2.50 bits per heavy atom. The molecule has 0 fully saturated rings. The highest BCUT2D eigenvalue weighted by Crippen LogP contribution is 2.35. The van der Waals surface area contributed by atoms with E-state index in [9.17, 15) is 33.0 Å². The average molecular weight is 560 g/mol. The number of halogens is 3. The van der Waals surface area contributed by atoms with Crippen LogP contribution in [-0.4, -0.2) is 51.4 Å². The van der Waals surface area contributed by atoms with Gasteiger partial charge in [0.2, 0.25) is 0 Å².